The summed E-state index contributed by atoms with van der Waals surface area (Å²) < 4.78 is 1.83. The van der Waals surface area contributed by atoms with Gasteiger partial charge in [0, 0.05) is 24.7 Å². The molecule has 0 aliphatic heterocycles. The molecule has 0 atom stereocenters. The zero-order chi connectivity index (χ0) is 16.6. The van der Waals surface area contributed by atoms with Crippen LogP contribution in [0.25, 0.3) is 21.9 Å². The van der Waals surface area contributed by atoms with Crippen LogP contribution in [0.2, 0.25) is 0 Å². The molecule has 0 amide bonds. The number of nitrogen functional groups attached to an aromatic ring is 1. The predicted octanol–water partition coefficient (Wildman–Crippen LogP) is 2.38. The number of fused-ring (bicyclic) bond motifs is 2. The number of aryl methyl sites for hydroxylation is 2. The van der Waals surface area contributed by atoms with Gasteiger partial charge in [-0.1, -0.05) is 0 Å². The quantitative estimate of drug-likeness (QED) is 0.559. The highest BCUT2D eigenvalue weighted by Gasteiger charge is 2.15. The second kappa shape index (κ2) is 6.04. The predicted molar refractivity (Wildman–Crippen MR) is 96.8 cm³/mol. The third kappa shape index (κ3) is 2.94. The summed E-state index contributed by atoms with van der Waals surface area (Å²) >= 11 is 0. The van der Waals surface area contributed by atoms with Crippen LogP contribution < -0.4 is 11.1 Å². The molecule has 3 rings (SSSR count). The van der Waals surface area contributed by atoms with Crippen LogP contribution in [0.1, 0.15) is 12.1 Å². The van der Waals surface area contributed by atoms with Crippen molar-refractivity contribution < 1.29 is 0 Å². The van der Waals surface area contributed by atoms with E-state index in [0.29, 0.717) is 0 Å². The Balaban J connectivity index is 2.10. The van der Waals surface area contributed by atoms with Gasteiger partial charge in [-0.2, -0.15) is 5.10 Å². The molecule has 0 unspecified atom stereocenters. The van der Waals surface area contributed by atoms with Gasteiger partial charge in [0.25, 0.3) is 0 Å². The number of hydrogen-bond donors (Lipinski definition) is 2. The van der Waals surface area contributed by atoms with E-state index in [2.05, 4.69) is 29.4 Å². The molecule has 1 aromatic carbocycles. The number of nitrogens with one attached hydrogen (secondary N) is 1. The second-order valence-corrected chi connectivity index (χ2v) is 6.25. The number of pyridine rings is 1. The minimum Gasteiger partial charge on any atom is -0.399 e. The molecule has 0 spiro atoms. The molecule has 0 saturated carbocycles. The lowest BCUT2D eigenvalue weighted by Gasteiger charge is -2.14. The van der Waals surface area contributed by atoms with Crippen molar-refractivity contribution in [1.29, 1.82) is 0 Å². The Morgan fingerprint density at radius 1 is 1.30 bits per heavy atom. The third-order valence-electron chi connectivity index (χ3n) is 4.04. The normalized spacial score (nSPS) is 11.7. The van der Waals surface area contributed by atoms with Gasteiger partial charge in [-0.3, -0.25) is 4.68 Å². The SMILES string of the molecule is Cc1nn(C)c2nc3cc(N)ccc3c(NCCCN(C)C)c12. The van der Waals surface area contributed by atoms with Gasteiger partial charge in [0.05, 0.1) is 22.3 Å². The van der Waals surface area contributed by atoms with Crippen molar-refractivity contribution >= 4 is 33.3 Å². The van der Waals surface area contributed by atoms with Crippen LogP contribution in [0.15, 0.2) is 18.2 Å². The molecule has 6 nitrogen and oxygen atoms in total. The van der Waals surface area contributed by atoms with E-state index in [9.17, 15) is 0 Å². The Hall–Kier alpha value is -2.34. The number of hydrogen-bond acceptors (Lipinski definition) is 5. The van der Waals surface area contributed by atoms with Crippen molar-refractivity contribution in [3.63, 3.8) is 0 Å². The number of benzene rings is 1. The zero-order valence-corrected chi connectivity index (χ0v) is 14.2. The monoisotopic (exact) mass is 312 g/mol. The highest BCUT2D eigenvalue weighted by molar-refractivity contribution is 6.08. The molecule has 0 saturated heterocycles. The maximum atomic E-state index is 5.93. The highest BCUT2D eigenvalue weighted by Crippen LogP contribution is 2.33. The maximum Gasteiger partial charge on any atom is 0.160 e. The molecule has 23 heavy (non-hydrogen) atoms. The molecule has 0 bridgehead atoms. The largest absolute Gasteiger partial charge is 0.399 e. The topological polar surface area (TPSA) is 72.0 Å². The van der Waals surface area contributed by atoms with E-state index >= 15 is 0 Å². The van der Waals surface area contributed by atoms with Crippen LogP contribution in [-0.4, -0.2) is 46.8 Å². The maximum absolute atomic E-state index is 5.93. The van der Waals surface area contributed by atoms with Crippen molar-refractivity contribution in [2.75, 3.05) is 38.2 Å². The number of aromatic nitrogens is 3. The van der Waals surface area contributed by atoms with Crippen LogP contribution in [0, 0.1) is 6.92 Å². The minimum atomic E-state index is 0.724. The fourth-order valence-electron chi connectivity index (χ4n) is 2.96. The van der Waals surface area contributed by atoms with E-state index in [1.807, 2.05) is 36.9 Å². The summed E-state index contributed by atoms with van der Waals surface area (Å²) in [6.45, 7) is 3.99. The van der Waals surface area contributed by atoms with Crippen molar-refractivity contribution in [3.05, 3.63) is 23.9 Å². The second-order valence-electron chi connectivity index (χ2n) is 6.25. The van der Waals surface area contributed by atoms with Crippen molar-refractivity contribution in [1.82, 2.24) is 19.7 Å². The van der Waals surface area contributed by atoms with Gasteiger partial charge in [-0.05, 0) is 52.2 Å². The molecule has 6 heteroatoms. The number of nitrogens with zero attached hydrogens (tertiary/aromatic N) is 4. The fraction of sp³-hybridized carbons (Fsp3) is 0.412. The number of rotatable bonds is 5. The van der Waals surface area contributed by atoms with E-state index in [1.54, 1.807) is 0 Å². The van der Waals surface area contributed by atoms with Crippen LogP contribution >= 0.6 is 0 Å². The lowest BCUT2D eigenvalue weighted by atomic mass is 10.1. The lowest BCUT2D eigenvalue weighted by molar-refractivity contribution is 0.405. The standard InChI is InChI=1S/C17H24N6/c1-11-15-16(19-8-5-9-22(2)3)13-7-6-12(18)10-14(13)20-17(15)23(4)21-11/h6-7,10H,5,8-9,18H2,1-4H3,(H,19,20). The summed E-state index contributed by atoms with van der Waals surface area (Å²) in [7, 11) is 6.11. The third-order valence-corrected chi connectivity index (χ3v) is 4.04. The van der Waals surface area contributed by atoms with Crippen molar-refractivity contribution in [2.24, 2.45) is 7.05 Å². The Kier molecular flexibility index (Phi) is 4.09. The van der Waals surface area contributed by atoms with Crippen LogP contribution in [0.5, 0.6) is 0 Å². The molecule has 0 aliphatic carbocycles. The first kappa shape index (κ1) is 15.6. The summed E-state index contributed by atoms with van der Waals surface area (Å²) in [6, 6.07) is 5.88. The fourth-order valence-corrected chi connectivity index (χ4v) is 2.96. The summed E-state index contributed by atoms with van der Waals surface area (Å²) in [6.07, 6.45) is 1.08. The number of nitrogens with two attached hydrogens (primary N) is 1. The smallest absolute Gasteiger partial charge is 0.160 e. The summed E-state index contributed by atoms with van der Waals surface area (Å²) in [5.41, 5.74) is 10.5. The Morgan fingerprint density at radius 3 is 2.83 bits per heavy atom. The molecule has 0 radical (unpaired) electrons. The molecular weight excluding hydrogens is 288 g/mol. The zero-order valence-electron chi connectivity index (χ0n) is 14.2. The van der Waals surface area contributed by atoms with Crippen molar-refractivity contribution in [3.8, 4) is 0 Å². The lowest BCUT2D eigenvalue weighted by Crippen LogP contribution is -2.16. The molecule has 0 aliphatic rings. The van der Waals surface area contributed by atoms with Gasteiger partial charge in [0.15, 0.2) is 5.65 Å². The average Bonchev–Trinajstić information content (AvgIpc) is 2.76. The Labute approximate surface area is 136 Å². The first-order chi connectivity index (χ1) is 11.0. The molecule has 122 valence electrons. The van der Waals surface area contributed by atoms with E-state index in [-0.39, 0.29) is 0 Å². The van der Waals surface area contributed by atoms with Crippen LogP contribution in [-0.2, 0) is 7.05 Å². The van der Waals surface area contributed by atoms with Gasteiger partial charge < -0.3 is 16.0 Å². The Bertz CT molecular complexity index is 849. The summed E-state index contributed by atoms with van der Waals surface area (Å²) in [5.74, 6) is 0. The van der Waals surface area contributed by atoms with Gasteiger partial charge in [0.1, 0.15) is 0 Å². The summed E-state index contributed by atoms with van der Waals surface area (Å²) in [4.78, 5) is 6.94. The van der Waals surface area contributed by atoms with E-state index in [0.717, 1.165) is 58.5 Å². The van der Waals surface area contributed by atoms with Crippen LogP contribution in [0.4, 0.5) is 11.4 Å². The van der Waals surface area contributed by atoms with Gasteiger partial charge in [0.2, 0.25) is 0 Å². The summed E-state index contributed by atoms with van der Waals surface area (Å²) in [5, 5.41) is 10.3. The van der Waals surface area contributed by atoms with Gasteiger partial charge in [-0.25, -0.2) is 4.98 Å². The highest BCUT2D eigenvalue weighted by atomic mass is 15.3. The van der Waals surface area contributed by atoms with Gasteiger partial charge >= 0.3 is 0 Å². The van der Waals surface area contributed by atoms with Crippen LogP contribution in [0.3, 0.4) is 0 Å². The first-order valence-corrected chi connectivity index (χ1v) is 7.88. The number of anilines is 2. The van der Waals surface area contributed by atoms with Crippen molar-refractivity contribution in [2.45, 2.75) is 13.3 Å². The van der Waals surface area contributed by atoms with E-state index in [1.165, 1.54) is 0 Å². The van der Waals surface area contributed by atoms with E-state index in [4.69, 9.17) is 10.7 Å². The minimum absolute atomic E-state index is 0.724. The average molecular weight is 312 g/mol. The molecule has 2 aromatic heterocycles. The molecule has 2 heterocycles. The first-order valence-electron chi connectivity index (χ1n) is 7.88. The van der Waals surface area contributed by atoms with Gasteiger partial charge in [-0.15, -0.1) is 0 Å². The molecular formula is C17H24N6. The van der Waals surface area contributed by atoms with E-state index < -0.39 is 0 Å². The Morgan fingerprint density at radius 2 is 2.09 bits per heavy atom. The molecule has 3 aromatic rings. The molecule has 0 fully saturated rings. The molecule has 3 N–H and O–H groups in total.